The van der Waals surface area contributed by atoms with Crippen LogP contribution in [0.3, 0.4) is 0 Å². The van der Waals surface area contributed by atoms with Crippen molar-refractivity contribution in [3.05, 3.63) is 29.8 Å². The molecule has 0 saturated carbocycles. The Morgan fingerprint density at radius 2 is 2.00 bits per heavy atom. The Labute approximate surface area is 103 Å². The first-order valence-corrected chi connectivity index (χ1v) is 5.72. The standard InChI is InChI=1S/C13H21NO3/c1-11-5-4-6-12(9-11)17-8-7-14-10-13(15-2)16-3/h4-6,9,13-14H,7-8,10H2,1-3H3. The van der Waals surface area contributed by atoms with E-state index in [1.165, 1.54) is 5.56 Å². The van der Waals surface area contributed by atoms with E-state index in [-0.39, 0.29) is 6.29 Å². The molecule has 1 rings (SSSR count). The summed E-state index contributed by atoms with van der Waals surface area (Å²) in [6.07, 6.45) is -0.200. The summed E-state index contributed by atoms with van der Waals surface area (Å²) in [6.45, 7) is 4.10. The molecule has 1 aromatic rings. The molecule has 0 aliphatic carbocycles. The third kappa shape index (κ3) is 5.68. The SMILES string of the molecule is COC(CNCCOc1cccc(C)c1)OC. The number of aryl methyl sites for hydroxylation is 1. The molecule has 0 aliphatic rings. The van der Waals surface area contributed by atoms with Crippen molar-refractivity contribution >= 4 is 0 Å². The first kappa shape index (κ1) is 14.0. The topological polar surface area (TPSA) is 39.7 Å². The minimum Gasteiger partial charge on any atom is -0.492 e. The van der Waals surface area contributed by atoms with Gasteiger partial charge in [-0.25, -0.2) is 0 Å². The number of hydrogen-bond acceptors (Lipinski definition) is 4. The smallest absolute Gasteiger partial charge is 0.169 e. The Hall–Kier alpha value is -1.10. The van der Waals surface area contributed by atoms with Gasteiger partial charge in [0.15, 0.2) is 6.29 Å². The van der Waals surface area contributed by atoms with E-state index in [0.717, 1.165) is 12.3 Å². The Bertz CT molecular complexity index is 313. The summed E-state index contributed by atoms with van der Waals surface area (Å²) in [5, 5.41) is 3.20. The second-order valence-electron chi connectivity index (χ2n) is 3.77. The van der Waals surface area contributed by atoms with Crippen LogP contribution in [-0.4, -0.2) is 40.2 Å². The van der Waals surface area contributed by atoms with E-state index in [0.29, 0.717) is 13.2 Å². The lowest BCUT2D eigenvalue weighted by Gasteiger charge is -2.14. The summed E-state index contributed by atoms with van der Waals surface area (Å²) in [5.74, 6) is 0.904. The third-order valence-corrected chi connectivity index (χ3v) is 2.37. The summed E-state index contributed by atoms with van der Waals surface area (Å²) in [7, 11) is 3.25. The van der Waals surface area contributed by atoms with Gasteiger partial charge in [0.2, 0.25) is 0 Å². The zero-order valence-corrected chi connectivity index (χ0v) is 10.7. The third-order valence-electron chi connectivity index (χ3n) is 2.37. The molecule has 0 saturated heterocycles. The number of methoxy groups -OCH3 is 2. The zero-order valence-electron chi connectivity index (χ0n) is 10.7. The van der Waals surface area contributed by atoms with E-state index in [4.69, 9.17) is 14.2 Å². The number of nitrogens with one attached hydrogen (secondary N) is 1. The van der Waals surface area contributed by atoms with Crippen LogP contribution in [0.5, 0.6) is 5.75 Å². The maximum absolute atomic E-state index is 5.59. The number of rotatable bonds is 8. The van der Waals surface area contributed by atoms with Crippen molar-refractivity contribution in [1.29, 1.82) is 0 Å². The second-order valence-corrected chi connectivity index (χ2v) is 3.77. The van der Waals surface area contributed by atoms with Gasteiger partial charge in [-0.1, -0.05) is 12.1 Å². The van der Waals surface area contributed by atoms with E-state index in [9.17, 15) is 0 Å². The minimum absolute atomic E-state index is 0.200. The molecule has 0 heterocycles. The van der Waals surface area contributed by atoms with Crippen LogP contribution in [0.2, 0.25) is 0 Å². The van der Waals surface area contributed by atoms with Gasteiger partial charge in [-0.05, 0) is 24.6 Å². The van der Waals surface area contributed by atoms with Gasteiger partial charge in [-0.2, -0.15) is 0 Å². The van der Waals surface area contributed by atoms with Crippen molar-refractivity contribution in [2.24, 2.45) is 0 Å². The van der Waals surface area contributed by atoms with Gasteiger partial charge in [0.1, 0.15) is 12.4 Å². The van der Waals surface area contributed by atoms with Crippen molar-refractivity contribution in [2.75, 3.05) is 33.9 Å². The maximum Gasteiger partial charge on any atom is 0.169 e. The zero-order chi connectivity index (χ0) is 12.5. The molecule has 1 aromatic carbocycles. The van der Waals surface area contributed by atoms with E-state index in [1.807, 2.05) is 31.2 Å². The molecular formula is C13H21NO3. The number of ether oxygens (including phenoxy) is 3. The van der Waals surface area contributed by atoms with Crippen molar-refractivity contribution < 1.29 is 14.2 Å². The molecule has 0 spiro atoms. The molecule has 1 N–H and O–H groups in total. The van der Waals surface area contributed by atoms with Gasteiger partial charge >= 0.3 is 0 Å². The lowest BCUT2D eigenvalue weighted by molar-refractivity contribution is -0.0988. The van der Waals surface area contributed by atoms with Crippen molar-refractivity contribution in [3.63, 3.8) is 0 Å². The van der Waals surface area contributed by atoms with Crippen molar-refractivity contribution in [1.82, 2.24) is 5.32 Å². The summed E-state index contributed by atoms with van der Waals surface area (Å²) in [6, 6.07) is 8.02. The van der Waals surface area contributed by atoms with Crippen LogP contribution in [0.1, 0.15) is 5.56 Å². The lowest BCUT2D eigenvalue weighted by atomic mass is 10.2. The summed E-state index contributed by atoms with van der Waals surface area (Å²) in [5.41, 5.74) is 1.20. The molecule has 0 atom stereocenters. The van der Waals surface area contributed by atoms with Crippen LogP contribution in [0.25, 0.3) is 0 Å². The van der Waals surface area contributed by atoms with Crippen molar-refractivity contribution in [2.45, 2.75) is 13.2 Å². The largest absolute Gasteiger partial charge is 0.492 e. The molecule has 0 amide bonds. The van der Waals surface area contributed by atoms with Crippen LogP contribution < -0.4 is 10.1 Å². The van der Waals surface area contributed by atoms with Crippen LogP contribution in [0, 0.1) is 6.92 Å². The highest BCUT2D eigenvalue weighted by Gasteiger charge is 2.02. The Kier molecular flexibility index (Phi) is 6.62. The van der Waals surface area contributed by atoms with Crippen LogP contribution in [0.4, 0.5) is 0 Å². The van der Waals surface area contributed by atoms with E-state index in [1.54, 1.807) is 14.2 Å². The highest BCUT2D eigenvalue weighted by Crippen LogP contribution is 2.11. The summed E-state index contributed by atoms with van der Waals surface area (Å²) < 4.78 is 15.7. The fourth-order valence-electron chi connectivity index (χ4n) is 1.43. The Morgan fingerprint density at radius 3 is 2.65 bits per heavy atom. The molecule has 0 aliphatic heterocycles. The fourth-order valence-corrected chi connectivity index (χ4v) is 1.43. The first-order valence-electron chi connectivity index (χ1n) is 5.72. The van der Waals surface area contributed by atoms with Gasteiger partial charge in [0.25, 0.3) is 0 Å². The normalized spacial score (nSPS) is 10.8. The molecule has 0 radical (unpaired) electrons. The average Bonchev–Trinajstić information content (AvgIpc) is 2.34. The highest BCUT2D eigenvalue weighted by molar-refractivity contribution is 5.27. The molecule has 17 heavy (non-hydrogen) atoms. The predicted octanol–water partition coefficient (Wildman–Crippen LogP) is 1.58. The fraction of sp³-hybridized carbons (Fsp3) is 0.538. The monoisotopic (exact) mass is 239 g/mol. The molecule has 4 heteroatoms. The minimum atomic E-state index is -0.200. The van der Waals surface area contributed by atoms with Gasteiger partial charge < -0.3 is 19.5 Å². The van der Waals surface area contributed by atoms with Crippen LogP contribution in [-0.2, 0) is 9.47 Å². The lowest BCUT2D eigenvalue weighted by Crippen LogP contribution is -2.32. The molecule has 0 aromatic heterocycles. The number of benzene rings is 1. The van der Waals surface area contributed by atoms with Gasteiger partial charge in [-0.3, -0.25) is 0 Å². The molecule has 0 unspecified atom stereocenters. The molecular weight excluding hydrogens is 218 g/mol. The Morgan fingerprint density at radius 1 is 1.24 bits per heavy atom. The predicted molar refractivity (Wildman–Crippen MR) is 67.3 cm³/mol. The van der Waals surface area contributed by atoms with E-state index < -0.39 is 0 Å². The Balaban J connectivity index is 2.12. The van der Waals surface area contributed by atoms with E-state index >= 15 is 0 Å². The number of hydrogen-bond donors (Lipinski definition) is 1. The van der Waals surface area contributed by atoms with Gasteiger partial charge in [0.05, 0.1) is 0 Å². The first-order chi connectivity index (χ1) is 8.26. The molecule has 0 bridgehead atoms. The van der Waals surface area contributed by atoms with Crippen LogP contribution in [0.15, 0.2) is 24.3 Å². The van der Waals surface area contributed by atoms with Crippen molar-refractivity contribution in [3.8, 4) is 5.75 Å². The highest BCUT2D eigenvalue weighted by atomic mass is 16.7. The molecule has 96 valence electrons. The average molecular weight is 239 g/mol. The maximum atomic E-state index is 5.59. The summed E-state index contributed by atoms with van der Waals surface area (Å²) in [4.78, 5) is 0. The molecule has 4 nitrogen and oxygen atoms in total. The second kappa shape index (κ2) is 8.06. The van der Waals surface area contributed by atoms with Gasteiger partial charge in [-0.15, -0.1) is 0 Å². The summed E-state index contributed by atoms with van der Waals surface area (Å²) >= 11 is 0. The molecule has 0 fully saturated rings. The van der Waals surface area contributed by atoms with Gasteiger partial charge in [0, 0.05) is 27.3 Å². The quantitative estimate of drug-likeness (QED) is 0.552. The van der Waals surface area contributed by atoms with Crippen LogP contribution >= 0.6 is 0 Å². The van der Waals surface area contributed by atoms with E-state index in [2.05, 4.69) is 5.32 Å².